The third kappa shape index (κ3) is 6.39. The van der Waals surface area contributed by atoms with E-state index < -0.39 is 17.7 Å². The Kier molecular flexibility index (Phi) is 8.52. The van der Waals surface area contributed by atoms with Crippen LogP contribution in [0.15, 0.2) is 54.6 Å². The number of nitrogens with two attached hydrogens (primary N) is 1. The fourth-order valence-electron chi connectivity index (χ4n) is 4.30. The van der Waals surface area contributed by atoms with Crippen molar-refractivity contribution in [3.63, 3.8) is 0 Å². The number of rotatable bonds is 10. The van der Waals surface area contributed by atoms with E-state index in [0.29, 0.717) is 43.4 Å². The van der Waals surface area contributed by atoms with Crippen LogP contribution < -0.4 is 21.1 Å². The molecule has 36 heavy (non-hydrogen) atoms. The molecule has 10 nitrogen and oxygen atoms in total. The van der Waals surface area contributed by atoms with Crippen molar-refractivity contribution in [2.45, 2.75) is 31.1 Å². The monoisotopic (exact) mass is 496 g/mol. The summed E-state index contributed by atoms with van der Waals surface area (Å²) in [5, 5.41) is 5.51. The van der Waals surface area contributed by atoms with E-state index in [2.05, 4.69) is 10.6 Å². The number of nitrogens with one attached hydrogen (secondary N) is 2. The van der Waals surface area contributed by atoms with Crippen LogP contribution in [0.25, 0.3) is 0 Å². The fraction of sp³-hybridized carbons (Fsp3) is 0.423. The molecule has 2 aromatic rings. The van der Waals surface area contributed by atoms with Crippen LogP contribution in [0.4, 0.5) is 0 Å². The van der Waals surface area contributed by atoms with Gasteiger partial charge in [-0.2, -0.15) is 0 Å². The van der Waals surface area contributed by atoms with Gasteiger partial charge in [0.05, 0.1) is 26.3 Å². The van der Waals surface area contributed by atoms with Gasteiger partial charge in [0, 0.05) is 18.5 Å². The van der Waals surface area contributed by atoms with Crippen molar-refractivity contribution < 1.29 is 28.6 Å². The zero-order chi connectivity index (χ0) is 25.4. The molecule has 4 N–H and O–H groups in total. The van der Waals surface area contributed by atoms with Gasteiger partial charge in [0.25, 0.3) is 5.91 Å². The third-order valence-electron chi connectivity index (χ3n) is 6.15. The van der Waals surface area contributed by atoms with Crippen molar-refractivity contribution in [2.75, 3.05) is 39.4 Å². The summed E-state index contributed by atoms with van der Waals surface area (Å²) in [6, 6.07) is 15.2. The van der Waals surface area contributed by atoms with Gasteiger partial charge in [0.15, 0.2) is 5.79 Å². The molecule has 0 saturated carbocycles. The number of amides is 3. The van der Waals surface area contributed by atoms with E-state index in [1.165, 1.54) is 4.90 Å². The Morgan fingerprint density at radius 3 is 2.36 bits per heavy atom. The highest BCUT2D eigenvalue weighted by Crippen LogP contribution is 2.34. The van der Waals surface area contributed by atoms with Crippen LogP contribution in [0.1, 0.15) is 29.6 Å². The Hall–Kier alpha value is -3.47. The second kappa shape index (κ2) is 12.0. The molecule has 2 aromatic carbocycles. The van der Waals surface area contributed by atoms with Gasteiger partial charge in [-0.3, -0.25) is 14.4 Å². The molecule has 4 rings (SSSR count). The molecule has 2 aliphatic heterocycles. The molecule has 0 radical (unpaired) electrons. The predicted molar refractivity (Wildman–Crippen MR) is 131 cm³/mol. The van der Waals surface area contributed by atoms with E-state index in [4.69, 9.17) is 19.9 Å². The minimum atomic E-state index is -0.979. The lowest BCUT2D eigenvalue weighted by Gasteiger charge is -2.24. The van der Waals surface area contributed by atoms with Gasteiger partial charge in [-0.15, -0.1) is 0 Å². The Morgan fingerprint density at radius 2 is 1.67 bits per heavy atom. The van der Waals surface area contributed by atoms with Crippen LogP contribution >= 0.6 is 0 Å². The Balaban J connectivity index is 1.33. The number of ether oxygens (including phenoxy) is 3. The zero-order valence-electron chi connectivity index (χ0n) is 20.1. The molecule has 2 heterocycles. The smallest absolute Gasteiger partial charge is 0.251 e. The zero-order valence-corrected chi connectivity index (χ0v) is 20.1. The SMILES string of the molecule is NCCCCNC(=O)C1CC2(CN1C(=O)CNC(=O)c1ccc(Oc3ccccc3)cc1)OCCO2. The fourth-order valence-corrected chi connectivity index (χ4v) is 4.30. The van der Waals surface area contributed by atoms with Crippen molar-refractivity contribution in [1.82, 2.24) is 15.5 Å². The van der Waals surface area contributed by atoms with E-state index in [0.717, 1.165) is 12.8 Å². The minimum absolute atomic E-state index is 0.133. The summed E-state index contributed by atoms with van der Waals surface area (Å²) in [7, 11) is 0. The second-order valence-electron chi connectivity index (χ2n) is 8.76. The van der Waals surface area contributed by atoms with E-state index in [1.54, 1.807) is 24.3 Å². The first kappa shape index (κ1) is 25.6. The second-order valence-corrected chi connectivity index (χ2v) is 8.76. The summed E-state index contributed by atoms with van der Waals surface area (Å²) >= 11 is 0. The van der Waals surface area contributed by atoms with Crippen molar-refractivity contribution in [3.05, 3.63) is 60.2 Å². The maximum absolute atomic E-state index is 13.1. The van der Waals surface area contributed by atoms with Gasteiger partial charge in [-0.05, 0) is 55.8 Å². The van der Waals surface area contributed by atoms with Gasteiger partial charge in [-0.1, -0.05) is 18.2 Å². The van der Waals surface area contributed by atoms with Gasteiger partial charge in [0.1, 0.15) is 17.5 Å². The van der Waals surface area contributed by atoms with Crippen LogP contribution in [-0.2, 0) is 19.1 Å². The minimum Gasteiger partial charge on any atom is -0.457 e. The molecule has 2 fully saturated rings. The summed E-state index contributed by atoms with van der Waals surface area (Å²) in [6.45, 7) is 1.73. The standard InChI is InChI=1S/C26H32N4O6/c27-12-4-5-13-28-25(33)22-16-26(34-14-15-35-26)18-30(22)23(31)17-29-24(32)19-8-10-21(11-9-19)36-20-6-2-1-3-7-20/h1-3,6-11,22H,4-5,12-18,27H2,(H,28,33)(H,29,32). The lowest BCUT2D eigenvalue weighted by Crippen LogP contribution is -2.49. The predicted octanol–water partition coefficient (Wildman–Crippen LogP) is 1.41. The Labute approximate surface area is 210 Å². The molecule has 192 valence electrons. The maximum atomic E-state index is 13.1. The molecule has 0 aromatic heterocycles. The average molecular weight is 497 g/mol. The van der Waals surface area contributed by atoms with Gasteiger partial charge < -0.3 is 35.5 Å². The first-order valence-electron chi connectivity index (χ1n) is 12.2. The lowest BCUT2D eigenvalue weighted by molar-refractivity contribution is -0.152. The summed E-state index contributed by atoms with van der Waals surface area (Å²) in [5.41, 5.74) is 5.89. The number of hydrogen-bond donors (Lipinski definition) is 3. The number of carbonyl (C=O) groups excluding carboxylic acids is 3. The summed E-state index contributed by atoms with van der Waals surface area (Å²) in [5.74, 6) is -0.750. The highest BCUT2D eigenvalue weighted by Gasteiger charge is 2.52. The number of para-hydroxylation sites is 1. The van der Waals surface area contributed by atoms with Gasteiger partial charge >= 0.3 is 0 Å². The van der Waals surface area contributed by atoms with Crippen molar-refractivity contribution in [3.8, 4) is 11.5 Å². The highest BCUT2D eigenvalue weighted by molar-refractivity contribution is 5.97. The van der Waals surface area contributed by atoms with Crippen molar-refractivity contribution in [2.24, 2.45) is 5.73 Å². The molecule has 2 saturated heterocycles. The quantitative estimate of drug-likeness (QED) is 0.424. The Morgan fingerprint density at radius 1 is 0.972 bits per heavy atom. The topological polar surface area (TPSA) is 132 Å². The molecule has 0 aliphatic carbocycles. The maximum Gasteiger partial charge on any atom is 0.251 e. The van der Waals surface area contributed by atoms with E-state index >= 15 is 0 Å². The molecular weight excluding hydrogens is 464 g/mol. The van der Waals surface area contributed by atoms with Crippen LogP contribution in [0.3, 0.4) is 0 Å². The lowest BCUT2D eigenvalue weighted by atomic mass is 10.1. The number of carbonyl (C=O) groups is 3. The molecule has 2 aliphatic rings. The number of likely N-dealkylation sites (tertiary alicyclic amines) is 1. The molecule has 1 unspecified atom stereocenters. The largest absolute Gasteiger partial charge is 0.457 e. The molecule has 3 amide bonds. The third-order valence-corrected chi connectivity index (χ3v) is 6.15. The molecule has 0 bridgehead atoms. The van der Waals surface area contributed by atoms with Crippen LogP contribution in [0.5, 0.6) is 11.5 Å². The molecule has 1 spiro atoms. The van der Waals surface area contributed by atoms with Crippen molar-refractivity contribution in [1.29, 1.82) is 0 Å². The average Bonchev–Trinajstić information content (AvgIpc) is 3.53. The molecule has 1 atom stereocenters. The summed E-state index contributed by atoms with van der Waals surface area (Å²) in [6.07, 6.45) is 1.81. The van der Waals surface area contributed by atoms with E-state index in [9.17, 15) is 14.4 Å². The number of nitrogens with zero attached hydrogens (tertiary/aromatic N) is 1. The number of unbranched alkanes of at least 4 members (excludes halogenated alkanes) is 1. The molecular formula is C26H32N4O6. The number of benzene rings is 2. The first-order valence-corrected chi connectivity index (χ1v) is 12.2. The highest BCUT2D eigenvalue weighted by atomic mass is 16.7. The van der Waals surface area contributed by atoms with Crippen LogP contribution in [-0.4, -0.2) is 73.8 Å². The summed E-state index contributed by atoms with van der Waals surface area (Å²) in [4.78, 5) is 40.0. The first-order chi connectivity index (χ1) is 17.5. The normalized spacial score (nSPS) is 18.2. The summed E-state index contributed by atoms with van der Waals surface area (Å²) < 4.78 is 17.2. The van der Waals surface area contributed by atoms with Crippen LogP contribution in [0, 0.1) is 0 Å². The number of hydrogen-bond acceptors (Lipinski definition) is 7. The van der Waals surface area contributed by atoms with Gasteiger partial charge in [0.2, 0.25) is 11.8 Å². The van der Waals surface area contributed by atoms with Crippen molar-refractivity contribution >= 4 is 17.7 Å². The van der Waals surface area contributed by atoms with E-state index in [-0.39, 0.29) is 31.3 Å². The Bertz CT molecular complexity index is 1040. The van der Waals surface area contributed by atoms with E-state index in [1.807, 2.05) is 30.3 Å². The molecule has 10 heteroatoms. The van der Waals surface area contributed by atoms with Crippen LogP contribution in [0.2, 0.25) is 0 Å². The van der Waals surface area contributed by atoms with Gasteiger partial charge in [-0.25, -0.2) is 0 Å².